The number of rotatable bonds is 4. The van der Waals surface area contributed by atoms with Gasteiger partial charge in [0.2, 0.25) is 5.91 Å². The van der Waals surface area contributed by atoms with Crippen LogP contribution in [0.4, 0.5) is 24.5 Å². The smallest absolute Gasteiger partial charge is 0.362 e. The van der Waals surface area contributed by atoms with Crippen LogP contribution in [0.2, 0.25) is 0 Å². The number of carbonyl (C=O) groups is 1. The summed E-state index contributed by atoms with van der Waals surface area (Å²) in [7, 11) is 0. The van der Waals surface area contributed by atoms with Crippen LogP contribution in [0.1, 0.15) is 24.8 Å². The quantitative estimate of drug-likeness (QED) is 0.596. The van der Waals surface area contributed by atoms with Crippen LogP contribution in [0.3, 0.4) is 0 Å². The van der Waals surface area contributed by atoms with Gasteiger partial charge < -0.3 is 15.1 Å². The second-order valence-electron chi connectivity index (χ2n) is 6.82. The maximum Gasteiger partial charge on any atom is 0.416 e. The molecule has 28 heavy (non-hydrogen) atoms. The summed E-state index contributed by atoms with van der Waals surface area (Å²) in [4.78, 5) is 26.2. The van der Waals surface area contributed by atoms with Gasteiger partial charge in [-0.25, -0.2) is 0 Å². The highest BCUT2D eigenvalue weighted by atomic mass is 35.5. The van der Waals surface area contributed by atoms with Crippen molar-refractivity contribution in [2.45, 2.75) is 31.5 Å². The minimum absolute atomic E-state index is 0. The molecule has 2 saturated heterocycles. The molecule has 1 aromatic carbocycles. The van der Waals surface area contributed by atoms with Crippen molar-refractivity contribution in [3.05, 3.63) is 33.9 Å². The number of benzene rings is 1. The first-order valence-corrected chi connectivity index (χ1v) is 8.87. The summed E-state index contributed by atoms with van der Waals surface area (Å²) in [5.41, 5.74) is -1.46. The average Bonchev–Trinajstić information content (AvgIpc) is 3.13. The van der Waals surface area contributed by atoms with Gasteiger partial charge in [-0.1, -0.05) is 0 Å². The zero-order chi connectivity index (χ0) is 19.6. The van der Waals surface area contributed by atoms with Crippen molar-refractivity contribution in [3.8, 4) is 0 Å². The molecule has 1 unspecified atom stereocenters. The molecule has 0 aliphatic carbocycles. The van der Waals surface area contributed by atoms with Crippen LogP contribution in [0.15, 0.2) is 18.2 Å². The number of anilines is 1. The summed E-state index contributed by atoms with van der Waals surface area (Å²) in [6, 6.07) is 2.76. The van der Waals surface area contributed by atoms with E-state index in [1.165, 1.54) is 0 Å². The van der Waals surface area contributed by atoms with Crippen molar-refractivity contribution < 1.29 is 22.9 Å². The van der Waals surface area contributed by atoms with Crippen LogP contribution in [-0.4, -0.2) is 54.5 Å². The number of nitrogens with one attached hydrogen (secondary N) is 1. The van der Waals surface area contributed by atoms with Crippen LogP contribution >= 0.6 is 12.4 Å². The number of amides is 1. The highest BCUT2D eigenvalue weighted by Gasteiger charge is 2.34. The predicted octanol–water partition coefficient (Wildman–Crippen LogP) is 2.83. The van der Waals surface area contributed by atoms with Gasteiger partial charge in [-0.2, -0.15) is 13.2 Å². The zero-order valence-electron chi connectivity index (χ0n) is 15.1. The number of nitro benzene ring substituents is 1. The molecule has 1 atom stereocenters. The molecule has 2 aliphatic heterocycles. The molecule has 2 aliphatic rings. The van der Waals surface area contributed by atoms with Gasteiger partial charge in [0.15, 0.2) is 0 Å². The molecule has 0 bridgehead atoms. The third-order valence-electron chi connectivity index (χ3n) is 5.06. The summed E-state index contributed by atoms with van der Waals surface area (Å²) >= 11 is 0. The Bertz CT molecular complexity index is 718. The molecule has 0 aromatic heterocycles. The van der Waals surface area contributed by atoms with Crippen molar-refractivity contribution in [2.24, 2.45) is 0 Å². The number of hydrogen-bond donors (Lipinski definition) is 1. The fraction of sp³-hybridized carbons (Fsp3) is 0.588. The SMILES string of the molecule is Cl.O=C(CC1CCCN1)N1CCN(c2ccc(C(F)(F)F)cc2[N+](=O)[O-])CC1. The average molecular weight is 423 g/mol. The number of alkyl halides is 3. The molecule has 0 radical (unpaired) electrons. The third kappa shape index (κ3) is 5.05. The summed E-state index contributed by atoms with van der Waals surface area (Å²) in [6.07, 6.45) is -2.17. The molecule has 1 aromatic rings. The van der Waals surface area contributed by atoms with Gasteiger partial charge in [-0.15, -0.1) is 12.4 Å². The second kappa shape index (κ2) is 8.95. The van der Waals surface area contributed by atoms with Gasteiger partial charge in [-0.05, 0) is 31.5 Å². The maximum atomic E-state index is 12.8. The molecule has 1 N–H and O–H groups in total. The lowest BCUT2D eigenvalue weighted by Gasteiger charge is -2.36. The first-order chi connectivity index (χ1) is 12.8. The van der Waals surface area contributed by atoms with Crippen molar-refractivity contribution in [1.29, 1.82) is 0 Å². The fourth-order valence-corrected chi connectivity index (χ4v) is 3.58. The standard InChI is InChI=1S/C17H21F3N4O3.ClH/c18-17(19,20)12-3-4-14(15(10-12)24(26)27)22-6-8-23(9-7-22)16(25)11-13-2-1-5-21-13;/h3-4,10,13,21H,1-2,5-9,11H2;1H. The fourth-order valence-electron chi connectivity index (χ4n) is 3.58. The Morgan fingerprint density at radius 2 is 1.93 bits per heavy atom. The molecular formula is C17H22ClF3N4O3. The van der Waals surface area contributed by atoms with Gasteiger partial charge in [-0.3, -0.25) is 14.9 Å². The van der Waals surface area contributed by atoms with E-state index >= 15 is 0 Å². The Morgan fingerprint density at radius 3 is 2.46 bits per heavy atom. The monoisotopic (exact) mass is 422 g/mol. The molecule has 2 heterocycles. The lowest BCUT2D eigenvalue weighted by Crippen LogP contribution is -2.49. The Kier molecular flexibility index (Phi) is 7.11. The lowest BCUT2D eigenvalue weighted by molar-refractivity contribution is -0.384. The van der Waals surface area contributed by atoms with Crippen molar-refractivity contribution >= 4 is 29.7 Å². The van der Waals surface area contributed by atoms with E-state index in [9.17, 15) is 28.1 Å². The van der Waals surface area contributed by atoms with E-state index in [4.69, 9.17) is 0 Å². The molecule has 156 valence electrons. The second-order valence-corrected chi connectivity index (χ2v) is 6.82. The Hall–Kier alpha value is -2.07. The molecule has 1 amide bonds. The Morgan fingerprint density at radius 1 is 1.25 bits per heavy atom. The molecule has 0 spiro atoms. The van der Waals surface area contributed by atoms with Gasteiger partial charge in [0.1, 0.15) is 5.69 Å². The highest BCUT2D eigenvalue weighted by Crippen LogP contribution is 2.36. The van der Waals surface area contributed by atoms with Gasteiger partial charge in [0.05, 0.1) is 10.5 Å². The van der Waals surface area contributed by atoms with E-state index in [0.717, 1.165) is 31.5 Å². The third-order valence-corrected chi connectivity index (χ3v) is 5.06. The number of halogens is 4. The lowest BCUT2D eigenvalue weighted by atomic mass is 10.1. The van der Waals surface area contributed by atoms with E-state index in [-0.39, 0.29) is 30.0 Å². The maximum absolute atomic E-state index is 12.8. The molecular weight excluding hydrogens is 401 g/mol. The highest BCUT2D eigenvalue weighted by molar-refractivity contribution is 5.85. The zero-order valence-corrected chi connectivity index (χ0v) is 15.9. The number of nitrogens with zero attached hydrogens (tertiary/aromatic N) is 3. The predicted molar refractivity (Wildman–Crippen MR) is 99.8 cm³/mol. The number of piperazine rings is 1. The summed E-state index contributed by atoms with van der Waals surface area (Å²) in [6.45, 7) is 2.39. The van der Waals surface area contributed by atoms with Crippen LogP contribution in [0.25, 0.3) is 0 Å². The van der Waals surface area contributed by atoms with E-state index in [0.29, 0.717) is 38.7 Å². The van der Waals surface area contributed by atoms with Crippen LogP contribution in [0.5, 0.6) is 0 Å². The minimum Gasteiger partial charge on any atom is -0.362 e. The topological polar surface area (TPSA) is 78.7 Å². The van der Waals surface area contributed by atoms with Gasteiger partial charge in [0.25, 0.3) is 5.69 Å². The normalized spacial score (nSPS) is 20.0. The van der Waals surface area contributed by atoms with E-state index < -0.39 is 22.4 Å². The number of hydrogen-bond acceptors (Lipinski definition) is 5. The van der Waals surface area contributed by atoms with Gasteiger partial charge >= 0.3 is 6.18 Å². The largest absolute Gasteiger partial charge is 0.416 e. The number of nitro groups is 1. The molecule has 3 rings (SSSR count). The van der Waals surface area contributed by atoms with Crippen molar-refractivity contribution in [3.63, 3.8) is 0 Å². The Labute approximate surface area is 166 Å². The summed E-state index contributed by atoms with van der Waals surface area (Å²) in [5.74, 6) is 0.0379. The van der Waals surface area contributed by atoms with E-state index in [1.54, 1.807) is 9.80 Å². The first kappa shape index (κ1) is 22.2. The van der Waals surface area contributed by atoms with Crippen LogP contribution in [-0.2, 0) is 11.0 Å². The van der Waals surface area contributed by atoms with Crippen molar-refractivity contribution in [2.75, 3.05) is 37.6 Å². The molecule has 7 nitrogen and oxygen atoms in total. The Balaban J connectivity index is 0.00000280. The summed E-state index contributed by atoms with van der Waals surface area (Å²) < 4.78 is 38.5. The van der Waals surface area contributed by atoms with Gasteiger partial charge in [0, 0.05) is 44.7 Å². The van der Waals surface area contributed by atoms with Crippen molar-refractivity contribution in [1.82, 2.24) is 10.2 Å². The minimum atomic E-state index is -4.64. The molecule has 2 fully saturated rings. The van der Waals surface area contributed by atoms with E-state index in [1.807, 2.05) is 0 Å². The van der Waals surface area contributed by atoms with Crippen LogP contribution in [0, 0.1) is 10.1 Å². The molecule has 11 heteroatoms. The first-order valence-electron chi connectivity index (χ1n) is 8.87. The summed E-state index contributed by atoms with van der Waals surface area (Å²) in [5, 5.41) is 14.5. The van der Waals surface area contributed by atoms with Crippen LogP contribution < -0.4 is 10.2 Å². The van der Waals surface area contributed by atoms with E-state index in [2.05, 4.69) is 5.32 Å². The number of carbonyl (C=O) groups excluding carboxylic acids is 1. The molecule has 0 saturated carbocycles.